The summed E-state index contributed by atoms with van der Waals surface area (Å²) in [5, 5.41) is 0. The number of benzene rings is 2. The monoisotopic (exact) mass is 311 g/mol. The van der Waals surface area contributed by atoms with E-state index in [4.69, 9.17) is 0 Å². The number of hydrogen-bond donors (Lipinski definition) is 1. The second-order valence-electron chi connectivity index (χ2n) is 5.69. The quantitative estimate of drug-likeness (QED) is 0.592. The van der Waals surface area contributed by atoms with Gasteiger partial charge in [-0.3, -0.25) is 4.98 Å². The first-order valence-electron chi connectivity index (χ1n) is 7.98. The zero-order valence-corrected chi connectivity index (χ0v) is 13.2. The van der Waals surface area contributed by atoms with Crippen LogP contribution in [0.5, 0.6) is 0 Å². The molecule has 0 saturated carbocycles. The van der Waals surface area contributed by atoms with Crippen LogP contribution in [-0.4, -0.2) is 15.0 Å². The molecular formula is C21H17N3. The molecule has 0 amide bonds. The van der Waals surface area contributed by atoms with Gasteiger partial charge in [-0.25, -0.2) is 4.98 Å². The number of aromatic nitrogens is 3. The highest BCUT2D eigenvalue weighted by Gasteiger charge is 2.06. The molecule has 4 aromatic rings. The van der Waals surface area contributed by atoms with Crippen molar-refractivity contribution in [3.05, 3.63) is 96.6 Å². The van der Waals surface area contributed by atoms with E-state index >= 15 is 0 Å². The molecule has 2 heterocycles. The van der Waals surface area contributed by atoms with Gasteiger partial charge in [-0.15, -0.1) is 0 Å². The van der Waals surface area contributed by atoms with E-state index in [9.17, 15) is 0 Å². The van der Waals surface area contributed by atoms with Gasteiger partial charge in [0.1, 0.15) is 5.82 Å². The van der Waals surface area contributed by atoms with Crippen molar-refractivity contribution < 1.29 is 0 Å². The van der Waals surface area contributed by atoms with E-state index in [2.05, 4.69) is 45.3 Å². The Morgan fingerprint density at radius 1 is 0.708 bits per heavy atom. The van der Waals surface area contributed by atoms with Crippen LogP contribution >= 0.6 is 0 Å². The van der Waals surface area contributed by atoms with Crippen molar-refractivity contribution in [1.82, 2.24) is 15.0 Å². The van der Waals surface area contributed by atoms with Crippen LogP contribution in [0.1, 0.15) is 11.4 Å². The van der Waals surface area contributed by atoms with Crippen LogP contribution in [0.4, 0.5) is 0 Å². The summed E-state index contributed by atoms with van der Waals surface area (Å²) in [6.45, 7) is 0. The minimum Gasteiger partial charge on any atom is -0.348 e. The fourth-order valence-electron chi connectivity index (χ4n) is 2.71. The lowest BCUT2D eigenvalue weighted by molar-refractivity contribution is 1.03. The number of aromatic amines is 1. The van der Waals surface area contributed by atoms with Crippen molar-refractivity contribution in [2.45, 2.75) is 6.42 Å². The second kappa shape index (κ2) is 6.50. The molecule has 0 spiro atoms. The number of nitrogens with one attached hydrogen (secondary N) is 1. The summed E-state index contributed by atoms with van der Waals surface area (Å²) in [7, 11) is 0. The summed E-state index contributed by atoms with van der Waals surface area (Å²) in [5.74, 6) is 0.961. The van der Waals surface area contributed by atoms with Gasteiger partial charge in [0.25, 0.3) is 0 Å². The Morgan fingerprint density at radius 2 is 1.46 bits per heavy atom. The van der Waals surface area contributed by atoms with E-state index in [1.54, 1.807) is 0 Å². The first-order chi connectivity index (χ1) is 11.9. The van der Waals surface area contributed by atoms with Gasteiger partial charge in [0.05, 0.1) is 11.4 Å². The van der Waals surface area contributed by atoms with E-state index in [0.717, 1.165) is 34.8 Å². The van der Waals surface area contributed by atoms with Crippen molar-refractivity contribution in [1.29, 1.82) is 0 Å². The second-order valence-corrected chi connectivity index (χ2v) is 5.69. The highest BCUT2D eigenvalue weighted by atomic mass is 14.9. The predicted molar refractivity (Wildman–Crippen MR) is 96.5 cm³/mol. The summed E-state index contributed by atoms with van der Waals surface area (Å²) < 4.78 is 0. The molecule has 0 aliphatic heterocycles. The van der Waals surface area contributed by atoms with E-state index < -0.39 is 0 Å². The standard InChI is InChI=1S/C21H17N3/c1-3-7-16(8-4-1)13-21-23-15-20(24-21)18-11-12-19(22-14-18)17-9-5-2-6-10-17/h1-12,14-15H,13H2,(H,23,24). The molecule has 0 fully saturated rings. The van der Waals surface area contributed by atoms with Gasteiger partial charge in [0, 0.05) is 29.9 Å². The molecule has 2 aromatic carbocycles. The smallest absolute Gasteiger partial charge is 0.111 e. The van der Waals surface area contributed by atoms with Crippen molar-refractivity contribution in [2.75, 3.05) is 0 Å². The third-order valence-corrected chi connectivity index (χ3v) is 3.97. The van der Waals surface area contributed by atoms with E-state index in [1.807, 2.05) is 54.9 Å². The number of imidazole rings is 1. The van der Waals surface area contributed by atoms with Crippen molar-refractivity contribution in [2.24, 2.45) is 0 Å². The van der Waals surface area contributed by atoms with Crippen LogP contribution < -0.4 is 0 Å². The molecule has 0 aliphatic carbocycles. The first-order valence-corrected chi connectivity index (χ1v) is 7.98. The Bertz CT molecular complexity index is 910. The van der Waals surface area contributed by atoms with Gasteiger partial charge < -0.3 is 4.98 Å². The Balaban J connectivity index is 1.54. The molecule has 0 atom stereocenters. The zero-order valence-electron chi connectivity index (χ0n) is 13.2. The molecule has 0 radical (unpaired) electrons. The highest BCUT2D eigenvalue weighted by Crippen LogP contribution is 2.21. The van der Waals surface area contributed by atoms with Crippen molar-refractivity contribution >= 4 is 0 Å². The Morgan fingerprint density at radius 3 is 2.17 bits per heavy atom. The maximum atomic E-state index is 4.68. The average Bonchev–Trinajstić information content (AvgIpc) is 3.12. The van der Waals surface area contributed by atoms with E-state index in [-0.39, 0.29) is 0 Å². The number of H-pyrrole nitrogens is 1. The number of hydrogen-bond acceptors (Lipinski definition) is 2. The van der Waals surface area contributed by atoms with Crippen LogP contribution in [0.25, 0.3) is 22.5 Å². The lowest BCUT2D eigenvalue weighted by atomic mass is 10.1. The third-order valence-electron chi connectivity index (χ3n) is 3.97. The molecule has 24 heavy (non-hydrogen) atoms. The Hall–Kier alpha value is -3.20. The molecule has 1 N–H and O–H groups in total. The maximum Gasteiger partial charge on any atom is 0.111 e. The third kappa shape index (κ3) is 3.10. The minimum atomic E-state index is 0.802. The van der Waals surface area contributed by atoms with Crippen LogP contribution in [0.2, 0.25) is 0 Å². The summed E-state index contributed by atoms with van der Waals surface area (Å²) >= 11 is 0. The lowest BCUT2D eigenvalue weighted by Gasteiger charge is -2.01. The Labute approximate surface area is 141 Å². The molecule has 3 heteroatoms. The minimum absolute atomic E-state index is 0.802. The summed E-state index contributed by atoms with van der Waals surface area (Å²) in [4.78, 5) is 12.5. The molecule has 0 saturated heterocycles. The highest BCUT2D eigenvalue weighted by molar-refractivity contribution is 5.64. The fraction of sp³-hybridized carbons (Fsp3) is 0.0476. The maximum absolute atomic E-state index is 4.68. The van der Waals surface area contributed by atoms with Crippen molar-refractivity contribution in [3.63, 3.8) is 0 Å². The molecule has 3 nitrogen and oxygen atoms in total. The molecular weight excluding hydrogens is 294 g/mol. The van der Waals surface area contributed by atoms with Crippen LogP contribution in [0, 0.1) is 0 Å². The molecule has 4 rings (SSSR count). The Kier molecular flexibility index (Phi) is 3.90. The van der Waals surface area contributed by atoms with E-state index in [1.165, 1.54) is 5.56 Å². The SMILES string of the molecule is c1ccc(Cc2nc(-c3ccc(-c4ccccc4)nc3)c[nH]2)cc1. The van der Waals surface area contributed by atoms with Gasteiger partial charge in [-0.1, -0.05) is 60.7 Å². The summed E-state index contributed by atoms with van der Waals surface area (Å²) in [5.41, 5.74) is 5.28. The topological polar surface area (TPSA) is 41.6 Å². The molecule has 2 aromatic heterocycles. The number of pyridine rings is 1. The molecule has 0 aliphatic rings. The van der Waals surface area contributed by atoms with E-state index in [0.29, 0.717) is 0 Å². The fourth-order valence-corrected chi connectivity index (χ4v) is 2.71. The van der Waals surface area contributed by atoms with Crippen LogP contribution in [0.3, 0.4) is 0 Å². The summed E-state index contributed by atoms with van der Waals surface area (Å²) in [6, 6.07) is 24.6. The normalized spacial score (nSPS) is 10.7. The molecule has 0 bridgehead atoms. The lowest BCUT2D eigenvalue weighted by Crippen LogP contribution is -1.90. The van der Waals surface area contributed by atoms with Crippen molar-refractivity contribution in [3.8, 4) is 22.5 Å². The van der Waals surface area contributed by atoms with Gasteiger partial charge in [0.2, 0.25) is 0 Å². The van der Waals surface area contributed by atoms with Crippen LogP contribution in [-0.2, 0) is 6.42 Å². The van der Waals surface area contributed by atoms with Crippen LogP contribution in [0.15, 0.2) is 85.2 Å². The number of rotatable bonds is 4. The number of nitrogens with zero attached hydrogens (tertiary/aromatic N) is 2. The van der Waals surface area contributed by atoms with Gasteiger partial charge >= 0.3 is 0 Å². The molecule has 0 unspecified atom stereocenters. The largest absolute Gasteiger partial charge is 0.348 e. The molecule has 116 valence electrons. The predicted octanol–water partition coefficient (Wildman–Crippen LogP) is 4.73. The zero-order chi connectivity index (χ0) is 16.2. The van der Waals surface area contributed by atoms with Gasteiger partial charge in [-0.05, 0) is 17.7 Å². The first kappa shape index (κ1) is 14.4. The summed E-state index contributed by atoms with van der Waals surface area (Å²) in [6.07, 6.45) is 4.62. The van der Waals surface area contributed by atoms with Gasteiger partial charge in [0.15, 0.2) is 0 Å². The van der Waals surface area contributed by atoms with Gasteiger partial charge in [-0.2, -0.15) is 0 Å². The average molecular weight is 311 g/mol.